The van der Waals surface area contributed by atoms with Crippen LogP contribution < -0.4 is 5.32 Å². The monoisotopic (exact) mass is 288 g/mol. The molecule has 1 atom stereocenters. The quantitative estimate of drug-likeness (QED) is 0.728. The molecule has 3 heteroatoms. The Balaban J connectivity index is 1.83. The van der Waals surface area contributed by atoms with Gasteiger partial charge in [0.05, 0.1) is 0 Å². The van der Waals surface area contributed by atoms with Crippen molar-refractivity contribution >= 4 is 11.8 Å². The molecule has 2 aromatic rings. The van der Waals surface area contributed by atoms with E-state index >= 15 is 0 Å². The van der Waals surface area contributed by atoms with Gasteiger partial charge in [0.25, 0.3) is 0 Å². The minimum absolute atomic E-state index is 0.489. The normalized spacial score (nSPS) is 12.5. The lowest BCUT2D eigenvalue weighted by Gasteiger charge is -2.13. The number of aryl methyl sites for hydroxylation is 1. The van der Waals surface area contributed by atoms with E-state index < -0.39 is 0 Å². The van der Waals surface area contributed by atoms with Crippen LogP contribution in [0.5, 0.6) is 0 Å². The van der Waals surface area contributed by atoms with Gasteiger partial charge in [0.15, 0.2) is 0 Å². The highest BCUT2D eigenvalue weighted by Crippen LogP contribution is 2.20. The van der Waals surface area contributed by atoms with Gasteiger partial charge in [-0.2, -0.15) is 0 Å². The van der Waals surface area contributed by atoms with Crippen LogP contribution in [0.2, 0.25) is 0 Å². The molecule has 1 aromatic carbocycles. The Morgan fingerprint density at radius 1 is 1.20 bits per heavy atom. The molecular weight excluding hydrogens is 264 g/mol. The third-order valence-electron chi connectivity index (χ3n) is 3.46. The smallest absolute Gasteiger partial charge is 0.0332 e. The third kappa shape index (κ3) is 4.43. The molecule has 1 heterocycles. The summed E-state index contributed by atoms with van der Waals surface area (Å²) < 4.78 is 2.30. The predicted molar refractivity (Wildman–Crippen MR) is 88.3 cm³/mol. The standard InChI is InChI=1S/C17H24N2S/c1-3-7-17(18-2)15-10-11-19(14-15)12-13-20-16-8-5-4-6-9-16/h4-6,8-11,14,17-18H,3,7,12-13H2,1-2H3. The fourth-order valence-corrected chi connectivity index (χ4v) is 3.24. The predicted octanol–water partition coefficient (Wildman–Crippen LogP) is 4.34. The molecule has 0 aliphatic heterocycles. The number of hydrogen-bond acceptors (Lipinski definition) is 2. The molecule has 20 heavy (non-hydrogen) atoms. The van der Waals surface area contributed by atoms with E-state index in [0.717, 1.165) is 12.3 Å². The topological polar surface area (TPSA) is 17.0 Å². The van der Waals surface area contributed by atoms with E-state index in [1.807, 2.05) is 18.8 Å². The van der Waals surface area contributed by atoms with E-state index in [9.17, 15) is 0 Å². The van der Waals surface area contributed by atoms with Crippen LogP contribution >= 0.6 is 11.8 Å². The van der Waals surface area contributed by atoms with Gasteiger partial charge in [0, 0.05) is 35.6 Å². The third-order valence-corrected chi connectivity index (χ3v) is 4.46. The number of nitrogens with zero attached hydrogens (tertiary/aromatic N) is 1. The summed E-state index contributed by atoms with van der Waals surface area (Å²) in [5, 5.41) is 3.40. The molecule has 0 fully saturated rings. The Hall–Kier alpha value is -1.19. The molecule has 0 bridgehead atoms. The van der Waals surface area contributed by atoms with Crippen molar-refractivity contribution in [2.24, 2.45) is 0 Å². The molecule has 1 aromatic heterocycles. The Bertz CT molecular complexity index is 493. The van der Waals surface area contributed by atoms with Crippen molar-refractivity contribution in [2.45, 2.75) is 37.2 Å². The number of aromatic nitrogens is 1. The van der Waals surface area contributed by atoms with Crippen LogP contribution in [0.15, 0.2) is 53.7 Å². The molecule has 0 aliphatic carbocycles. The van der Waals surface area contributed by atoms with Crippen molar-refractivity contribution in [1.82, 2.24) is 9.88 Å². The van der Waals surface area contributed by atoms with Crippen LogP contribution in [0.4, 0.5) is 0 Å². The molecule has 0 saturated heterocycles. The molecule has 0 saturated carbocycles. The zero-order chi connectivity index (χ0) is 14.2. The first kappa shape index (κ1) is 15.2. The van der Waals surface area contributed by atoms with Crippen molar-refractivity contribution in [3.63, 3.8) is 0 Å². The second-order valence-corrected chi connectivity index (χ2v) is 6.14. The Morgan fingerprint density at radius 3 is 2.70 bits per heavy atom. The van der Waals surface area contributed by atoms with Crippen molar-refractivity contribution in [1.29, 1.82) is 0 Å². The first-order valence-electron chi connectivity index (χ1n) is 7.34. The minimum atomic E-state index is 0.489. The number of rotatable bonds is 8. The van der Waals surface area contributed by atoms with Crippen LogP contribution in [0.1, 0.15) is 31.4 Å². The second kappa shape index (κ2) is 8.18. The summed E-state index contributed by atoms with van der Waals surface area (Å²) in [5.74, 6) is 1.11. The zero-order valence-electron chi connectivity index (χ0n) is 12.4. The van der Waals surface area contributed by atoms with Gasteiger partial charge in [-0.25, -0.2) is 0 Å². The molecule has 0 amide bonds. The molecule has 1 unspecified atom stereocenters. The molecule has 108 valence electrons. The van der Waals surface area contributed by atoms with E-state index in [4.69, 9.17) is 0 Å². The van der Waals surface area contributed by atoms with Crippen molar-refractivity contribution in [3.8, 4) is 0 Å². The molecule has 1 N–H and O–H groups in total. The van der Waals surface area contributed by atoms with Gasteiger partial charge in [0.1, 0.15) is 0 Å². The van der Waals surface area contributed by atoms with Crippen molar-refractivity contribution in [2.75, 3.05) is 12.8 Å². The first-order chi connectivity index (χ1) is 9.83. The van der Waals surface area contributed by atoms with Crippen LogP contribution in [0.3, 0.4) is 0 Å². The van der Waals surface area contributed by atoms with E-state index in [1.165, 1.54) is 23.3 Å². The fraction of sp³-hybridized carbons (Fsp3) is 0.412. The minimum Gasteiger partial charge on any atom is -0.353 e. The van der Waals surface area contributed by atoms with Gasteiger partial charge in [-0.1, -0.05) is 31.5 Å². The number of thioether (sulfide) groups is 1. The van der Waals surface area contributed by atoms with Crippen LogP contribution in [0, 0.1) is 0 Å². The zero-order valence-corrected chi connectivity index (χ0v) is 13.2. The number of benzene rings is 1. The molecule has 0 radical (unpaired) electrons. The van der Waals surface area contributed by atoms with Crippen molar-refractivity contribution < 1.29 is 0 Å². The lowest BCUT2D eigenvalue weighted by Crippen LogP contribution is -2.15. The highest BCUT2D eigenvalue weighted by molar-refractivity contribution is 7.99. The van der Waals surface area contributed by atoms with Gasteiger partial charge in [-0.15, -0.1) is 11.8 Å². The maximum absolute atomic E-state index is 3.40. The lowest BCUT2D eigenvalue weighted by atomic mass is 10.1. The van der Waals surface area contributed by atoms with Gasteiger partial charge < -0.3 is 9.88 Å². The largest absolute Gasteiger partial charge is 0.353 e. The summed E-state index contributed by atoms with van der Waals surface area (Å²) in [6, 6.07) is 13.3. The Kier molecular flexibility index (Phi) is 6.22. The first-order valence-corrected chi connectivity index (χ1v) is 8.33. The SMILES string of the molecule is CCCC(NC)c1ccn(CCSc2ccccc2)c1. The number of hydrogen-bond donors (Lipinski definition) is 1. The molecule has 2 rings (SSSR count). The van der Waals surface area contributed by atoms with E-state index in [0.29, 0.717) is 6.04 Å². The van der Waals surface area contributed by atoms with Crippen LogP contribution in [-0.2, 0) is 6.54 Å². The van der Waals surface area contributed by atoms with Crippen LogP contribution in [-0.4, -0.2) is 17.4 Å². The summed E-state index contributed by atoms with van der Waals surface area (Å²) in [7, 11) is 2.04. The Labute approximate surface area is 126 Å². The Morgan fingerprint density at radius 2 is 2.00 bits per heavy atom. The molecular formula is C17H24N2S. The summed E-state index contributed by atoms with van der Waals surface area (Å²) in [6.45, 7) is 3.29. The molecule has 2 nitrogen and oxygen atoms in total. The average molecular weight is 288 g/mol. The number of nitrogens with one attached hydrogen (secondary N) is 1. The molecule has 0 spiro atoms. The van der Waals surface area contributed by atoms with Gasteiger partial charge in [-0.3, -0.25) is 0 Å². The van der Waals surface area contributed by atoms with Gasteiger partial charge in [0.2, 0.25) is 0 Å². The maximum Gasteiger partial charge on any atom is 0.0332 e. The summed E-state index contributed by atoms with van der Waals surface area (Å²) in [4.78, 5) is 1.35. The lowest BCUT2D eigenvalue weighted by molar-refractivity contribution is 0.540. The highest BCUT2D eigenvalue weighted by Gasteiger charge is 2.09. The second-order valence-electron chi connectivity index (χ2n) is 4.97. The van der Waals surface area contributed by atoms with E-state index in [1.54, 1.807) is 0 Å². The molecule has 0 aliphatic rings. The van der Waals surface area contributed by atoms with Crippen LogP contribution in [0.25, 0.3) is 0 Å². The summed E-state index contributed by atoms with van der Waals surface area (Å²) >= 11 is 1.91. The average Bonchev–Trinajstić information content (AvgIpc) is 2.94. The summed E-state index contributed by atoms with van der Waals surface area (Å²) in [5.41, 5.74) is 1.40. The highest BCUT2D eigenvalue weighted by atomic mass is 32.2. The maximum atomic E-state index is 3.40. The van der Waals surface area contributed by atoms with Gasteiger partial charge >= 0.3 is 0 Å². The summed E-state index contributed by atoms with van der Waals surface area (Å²) in [6.07, 6.45) is 6.88. The van der Waals surface area contributed by atoms with E-state index in [2.05, 4.69) is 65.6 Å². The fourth-order valence-electron chi connectivity index (χ4n) is 2.36. The van der Waals surface area contributed by atoms with E-state index in [-0.39, 0.29) is 0 Å². The van der Waals surface area contributed by atoms with Gasteiger partial charge in [-0.05, 0) is 37.2 Å². The van der Waals surface area contributed by atoms with Crippen molar-refractivity contribution in [3.05, 3.63) is 54.4 Å².